The summed E-state index contributed by atoms with van der Waals surface area (Å²) in [5.41, 5.74) is 4.43. The van der Waals surface area contributed by atoms with Crippen LogP contribution in [-0.4, -0.2) is 137 Å². The molecule has 1 aliphatic rings. The molecule has 428 valence electrons. The number of carbonyl (C=O) groups excluding carboxylic acids is 10. The number of alkyl carbamates (subject to hydrolysis) is 2. The highest BCUT2D eigenvalue weighted by Crippen LogP contribution is 2.21. The van der Waals surface area contributed by atoms with Gasteiger partial charge in [-0.25, -0.2) is 9.59 Å². The van der Waals surface area contributed by atoms with Crippen LogP contribution >= 0.6 is 15.9 Å². The van der Waals surface area contributed by atoms with Crippen LogP contribution in [0.3, 0.4) is 0 Å². The second kappa shape index (κ2) is 30.9. The van der Waals surface area contributed by atoms with Gasteiger partial charge in [0.1, 0.15) is 28.9 Å². The van der Waals surface area contributed by atoms with Gasteiger partial charge in [-0.3, -0.25) is 38.4 Å². The van der Waals surface area contributed by atoms with Crippen molar-refractivity contribution in [3.63, 3.8) is 0 Å². The summed E-state index contributed by atoms with van der Waals surface area (Å²) in [7, 11) is 0. The van der Waals surface area contributed by atoms with E-state index in [1.165, 1.54) is 6.92 Å². The smallest absolute Gasteiger partial charge is 0.407 e. The van der Waals surface area contributed by atoms with E-state index >= 15 is 0 Å². The van der Waals surface area contributed by atoms with Crippen molar-refractivity contribution in [2.75, 3.05) is 19.6 Å². The van der Waals surface area contributed by atoms with Crippen molar-refractivity contribution in [2.24, 2.45) is 23.5 Å². The Morgan fingerprint density at radius 3 is 1.63 bits per heavy atom. The number of benzene rings is 1. The minimum absolute atomic E-state index is 0.00173. The first-order valence-corrected chi connectivity index (χ1v) is 26.8. The van der Waals surface area contributed by atoms with Crippen LogP contribution in [0, 0.1) is 17.8 Å². The van der Waals surface area contributed by atoms with Crippen molar-refractivity contribution < 1.29 is 67.3 Å². The first-order chi connectivity index (χ1) is 35.1. The van der Waals surface area contributed by atoms with Crippen molar-refractivity contribution in [1.29, 1.82) is 0 Å². The summed E-state index contributed by atoms with van der Waals surface area (Å²) >= 11 is 3.41. The van der Waals surface area contributed by atoms with Gasteiger partial charge in [-0.05, 0) is 138 Å². The van der Waals surface area contributed by atoms with Gasteiger partial charge in [0, 0.05) is 49.3 Å². The maximum atomic E-state index is 14.6. The van der Waals surface area contributed by atoms with Crippen molar-refractivity contribution >= 4 is 75.2 Å². The molecule has 1 saturated heterocycles. The van der Waals surface area contributed by atoms with E-state index in [0.29, 0.717) is 5.56 Å². The summed E-state index contributed by atoms with van der Waals surface area (Å²) in [4.78, 5) is 138. The summed E-state index contributed by atoms with van der Waals surface area (Å²) in [6.45, 7) is 19.4. The number of hydrogen-bond donors (Lipinski definition) is 9. The Morgan fingerprint density at radius 2 is 1.13 bits per heavy atom. The number of nitrogens with two attached hydrogens (primary N) is 1. The number of aliphatic hydroxyl groups excluding tert-OH is 1. The molecule has 1 aromatic rings. The Morgan fingerprint density at radius 1 is 0.658 bits per heavy atom. The summed E-state index contributed by atoms with van der Waals surface area (Å²) in [6, 6.07) is 0.240. The fourth-order valence-electron chi connectivity index (χ4n) is 7.82. The van der Waals surface area contributed by atoms with E-state index in [1.54, 1.807) is 86.6 Å². The molecule has 0 aromatic heterocycles. The molecule has 2 rings (SSSR count). The lowest BCUT2D eigenvalue weighted by molar-refractivity contribution is -0.155. The highest BCUT2D eigenvalue weighted by Gasteiger charge is 2.36. The number of halogens is 1. The number of Topliss-reactive ketones (excluding diaryl/α,β-unsaturated/α-hetero) is 2. The maximum Gasteiger partial charge on any atom is 0.407 e. The van der Waals surface area contributed by atoms with E-state index in [2.05, 4.69) is 53.1 Å². The zero-order chi connectivity index (χ0) is 57.7. The van der Waals surface area contributed by atoms with Crippen LogP contribution in [0.4, 0.5) is 9.59 Å². The Bertz CT molecular complexity index is 2150. The van der Waals surface area contributed by atoms with Crippen LogP contribution in [-0.2, 0) is 59.0 Å². The van der Waals surface area contributed by atoms with Crippen LogP contribution in [0.5, 0.6) is 0 Å². The molecule has 0 spiro atoms. The minimum atomic E-state index is -1.43. The van der Waals surface area contributed by atoms with E-state index in [0.717, 1.165) is 4.47 Å². The molecule has 1 fully saturated rings. The molecule has 76 heavy (non-hydrogen) atoms. The van der Waals surface area contributed by atoms with Crippen molar-refractivity contribution in [3.8, 4) is 0 Å². The van der Waals surface area contributed by atoms with Gasteiger partial charge in [0.2, 0.25) is 29.5 Å². The van der Waals surface area contributed by atoms with E-state index in [-0.39, 0.29) is 76.9 Å². The first kappa shape index (κ1) is 66.4. The average molecular weight is 1140 g/mol. The van der Waals surface area contributed by atoms with Gasteiger partial charge in [0.15, 0.2) is 11.6 Å². The lowest BCUT2D eigenvalue weighted by Gasteiger charge is -2.28. The minimum Gasteiger partial charge on any atom is -0.460 e. The largest absolute Gasteiger partial charge is 0.460 e. The predicted octanol–water partition coefficient (Wildman–Crippen LogP) is 3.70. The fourth-order valence-corrected chi connectivity index (χ4v) is 8.09. The zero-order valence-corrected chi connectivity index (χ0v) is 48.0. The summed E-state index contributed by atoms with van der Waals surface area (Å²) in [5, 5.41) is 29.4. The van der Waals surface area contributed by atoms with Gasteiger partial charge in [0.25, 0.3) is 0 Å². The molecule has 23 heteroatoms. The summed E-state index contributed by atoms with van der Waals surface area (Å²) in [5.74, 6) is -8.63. The molecule has 1 aliphatic heterocycles. The highest BCUT2D eigenvalue weighted by atomic mass is 79.9. The molecule has 10 N–H and O–H groups in total. The third-order valence-corrected chi connectivity index (χ3v) is 12.1. The quantitative estimate of drug-likeness (QED) is 0.0893. The monoisotopic (exact) mass is 1140 g/mol. The van der Waals surface area contributed by atoms with Gasteiger partial charge < -0.3 is 62.3 Å². The molecular weight excluding hydrogens is 1050 g/mol. The third kappa shape index (κ3) is 26.9. The van der Waals surface area contributed by atoms with Gasteiger partial charge in [0.05, 0.1) is 30.1 Å². The topological polar surface area (TPSA) is 329 Å². The molecular formula is C53H85BrN8O14. The van der Waals surface area contributed by atoms with Crippen LogP contribution in [0.1, 0.15) is 146 Å². The van der Waals surface area contributed by atoms with Gasteiger partial charge >= 0.3 is 18.2 Å². The SMILES string of the molecule is CC(C)C[C@@H]1NC(=O)[C@@H](Cc2ccc(Br)cc2)CC(=O)[C@H](CCNC(=O)OC(C)(C)C)NC(=O)[C@@H](N)CCNC(=O)[C@H](C(C)O)CC(=O)[C@H](CCNC(=O)OC(C)(C)C)NC(=O)[C@H](CCCC(=O)OC(C)(C)C)NC1=O. The van der Waals surface area contributed by atoms with E-state index in [4.69, 9.17) is 19.9 Å². The van der Waals surface area contributed by atoms with Crippen LogP contribution in [0.25, 0.3) is 0 Å². The summed E-state index contributed by atoms with van der Waals surface area (Å²) in [6.07, 6.45) is -4.89. The number of aliphatic hydroxyl groups is 1. The third-order valence-electron chi connectivity index (χ3n) is 11.5. The second-order valence-electron chi connectivity index (χ2n) is 22.7. The van der Waals surface area contributed by atoms with E-state index < -0.39 is 137 Å². The van der Waals surface area contributed by atoms with Crippen LogP contribution in [0.15, 0.2) is 28.7 Å². The maximum absolute atomic E-state index is 14.6. The number of hydrogen-bond acceptors (Lipinski definition) is 15. The fraction of sp³-hybridized carbons (Fsp3) is 0.698. The molecule has 0 aliphatic carbocycles. The van der Waals surface area contributed by atoms with Gasteiger partial charge in [-0.1, -0.05) is 41.9 Å². The normalized spacial score (nSPS) is 22.9. The van der Waals surface area contributed by atoms with Gasteiger partial charge in [-0.15, -0.1) is 0 Å². The molecule has 22 nitrogen and oxygen atoms in total. The molecule has 7 amide bonds. The molecule has 1 unspecified atom stereocenters. The molecule has 0 saturated carbocycles. The Hall–Kier alpha value is -5.68. The van der Waals surface area contributed by atoms with Gasteiger partial charge in [-0.2, -0.15) is 0 Å². The molecule has 8 atom stereocenters. The average Bonchev–Trinajstić information content (AvgIpc) is 3.27. The lowest BCUT2D eigenvalue weighted by atomic mass is 9.89. The molecule has 1 aromatic carbocycles. The summed E-state index contributed by atoms with van der Waals surface area (Å²) < 4.78 is 16.9. The Balaban J connectivity index is 2.77. The number of rotatable bonds is 15. The number of ketones is 2. The standard InChI is InChI=1S/C53H85BrN8O14/c1-30(2)26-40-48(71)61-39(14-13-15-43(66)74-51(4,5)6)47(70)60-38(22-25-58-50(73)76-53(10,11)12)42(65)29-35(31(3)63)45(68)56-23-20-36(55)46(69)59-37(21-24-57-49(72)75-52(7,8)9)41(64)28-33(44(67)62-40)27-32-16-18-34(54)19-17-32/h16-19,30-31,33,35-40,63H,13-15,20-29,55H2,1-12H3,(H,56,68)(H,57,72)(H,58,73)(H,59,69)(H,60,70)(H,61,71)(H,62,67)/t31?,33-,35-,36-,37-,38-,39-,40-/m0/s1. The zero-order valence-electron chi connectivity index (χ0n) is 46.4. The number of amides is 7. The number of carbonyl (C=O) groups is 10. The molecule has 0 bridgehead atoms. The Kier molecular flexibility index (Phi) is 27.0. The van der Waals surface area contributed by atoms with Crippen molar-refractivity contribution in [1.82, 2.24) is 37.2 Å². The van der Waals surface area contributed by atoms with Crippen molar-refractivity contribution in [2.45, 2.75) is 200 Å². The Labute approximate surface area is 455 Å². The molecule has 1 heterocycles. The number of ether oxygens (including phenoxy) is 3. The number of esters is 1. The predicted molar refractivity (Wildman–Crippen MR) is 286 cm³/mol. The first-order valence-electron chi connectivity index (χ1n) is 26.0. The lowest BCUT2D eigenvalue weighted by Crippen LogP contribution is -2.57. The highest BCUT2D eigenvalue weighted by molar-refractivity contribution is 9.10. The van der Waals surface area contributed by atoms with Crippen LogP contribution in [0.2, 0.25) is 0 Å². The van der Waals surface area contributed by atoms with Crippen molar-refractivity contribution in [3.05, 3.63) is 34.3 Å². The van der Waals surface area contributed by atoms with Crippen LogP contribution < -0.4 is 43.0 Å². The number of nitrogens with one attached hydrogen (secondary N) is 7. The second-order valence-corrected chi connectivity index (χ2v) is 23.6. The molecule has 0 radical (unpaired) electrons. The van der Waals surface area contributed by atoms with E-state index in [9.17, 15) is 53.1 Å². The van der Waals surface area contributed by atoms with E-state index in [1.807, 2.05) is 13.8 Å².